The molecule has 0 aliphatic carbocycles. The zero-order valence-electron chi connectivity index (χ0n) is 13.5. The molecular weight excluding hydrogens is 310 g/mol. The molecule has 0 aromatic carbocycles. The van der Waals surface area contributed by atoms with Crippen LogP contribution in [0.15, 0.2) is 24.5 Å². The maximum absolute atomic E-state index is 12.5. The second-order valence-electron chi connectivity index (χ2n) is 6.02. The quantitative estimate of drug-likeness (QED) is 0.864. The number of hydrogen-bond acceptors (Lipinski definition) is 5. The van der Waals surface area contributed by atoms with Gasteiger partial charge in [0.15, 0.2) is 0 Å². The van der Waals surface area contributed by atoms with E-state index in [1.165, 1.54) is 4.88 Å². The molecule has 122 valence electrons. The third-order valence-electron chi connectivity index (χ3n) is 3.96. The summed E-state index contributed by atoms with van der Waals surface area (Å²) in [6, 6.07) is 4.33. The van der Waals surface area contributed by atoms with Gasteiger partial charge in [-0.25, -0.2) is 9.97 Å². The normalized spacial score (nSPS) is 18.0. The zero-order valence-corrected chi connectivity index (χ0v) is 14.3. The molecule has 1 fully saturated rings. The Morgan fingerprint density at radius 2 is 2.13 bits per heavy atom. The largest absolute Gasteiger partial charge is 0.463 e. The first-order valence-electron chi connectivity index (χ1n) is 7.89. The number of nitrogens with zero attached hydrogens (tertiary/aromatic N) is 3. The molecule has 1 unspecified atom stereocenters. The first-order chi connectivity index (χ1) is 11.1. The number of hydrogen-bond donors (Lipinski definition) is 0. The molecule has 0 bridgehead atoms. The van der Waals surface area contributed by atoms with Gasteiger partial charge in [0, 0.05) is 36.3 Å². The van der Waals surface area contributed by atoms with Crippen molar-refractivity contribution in [2.24, 2.45) is 5.92 Å². The highest BCUT2D eigenvalue weighted by Gasteiger charge is 2.25. The maximum Gasteiger partial charge on any atom is 0.316 e. The summed E-state index contributed by atoms with van der Waals surface area (Å²) in [6.07, 6.45) is 5.58. The fraction of sp³-hybridized carbons (Fsp3) is 0.471. The molecule has 3 heterocycles. The second kappa shape index (κ2) is 7.08. The SMILES string of the molecule is Cc1cnc(OCC2CCCN(C(=O)c3ccc(C)s3)C2)nc1. The molecule has 0 spiro atoms. The van der Waals surface area contributed by atoms with E-state index in [2.05, 4.69) is 9.97 Å². The summed E-state index contributed by atoms with van der Waals surface area (Å²) in [5.74, 6) is 0.470. The minimum Gasteiger partial charge on any atom is -0.463 e. The van der Waals surface area contributed by atoms with E-state index in [9.17, 15) is 4.79 Å². The average Bonchev–Trinajstić information content (AvgIpc) is 3.00. The standard InChI is InChI=1S/C17H21N3O2S/c1-12-8-18-17(19-9-12)22-11-14-4-3-7-20(10-14)16(21)15-6-5-13(2)23-15/h5-6,8-9,14H,3-4,7,10-11H2,1-2H3. The van der Waals surface area contributed by atoms with E-state index in [0.29, 0.717) is 18.5 Å². The molecule has 1 atom stereocenters. The van der Waals surface area contributed by atoms with Crippen LogP contribution in [-0.2, 0) is 0 Å². The first kappa shape index (κ1) is 15.9. The van der Waals surface area contributed by atoms with Crippen LogP contribution in [-0.4, -0.2) is 40.5 Å². The Morgan fingerprint density at radius 3 is 2.83 bits per heavy atom. The lowest BCUT2D eigenvalue weighted by Gasteiger charge is -2.32. The molecule has 1 aliphatic rings. The fourth-order valence-electron chi connectivity index (χ4n) is 2.74. The van der Waals surface area contributed by atoms with Gasteiger partial charge in [0.05, 0.1) is 11.5 Å². The number of rotatable bonds is 4. The van der Waals surface area contributed by atoms with Crippen molar-refractivity contribution >= 4 is 17.2 Å². The van der Waals surface area contributed by atoms with Gasteiger partial charge in [-0.15, -0.1) is 11.3 Å². The third kappa shape index (κ3) is 4.07. The van der Waals surface area contributed by atoms with E-state index < -0.39 is 0 Å². The summed E-state index contributed by atoms with van der Waals surface area (Å²) >= 11 is 1.56. The molecular formula is C17H21N3O2S. The Morgan fingerprint density at radius 1 is 1.35 bits per heavy atom. The van der Waals surface area contributed by atoms with Crippen molar-refractivity contribution in [3.05, 3.63) is 39.8 Å². The topological polar surface area (TPSA) is 55.3 Å². The van der Waals surface area contributed by atoms with E-state index >= 15 is 0 Å². The summed E-state index contributed by atoms with van der Waals surface area (Å²) < 4.78 is 5.68. The number of aromatic nitrogens is 2. The number of carbonyl (C=O) groups excluding carboxylic acids is 1. The van der Waals surface area contributed by atoms with Gasteiger partial charge in [0.2, 0.25) is 0 Å². The van der Waals surface area contributed by atoms with Crippen molar-refractivity contribution in [3.8, 4) is 6.01 Å². The van der Waals surface area contributed by atoms with Gasteiger partial charge in [0.25, 0.3) is 5.91 Å². The molecule has 2 aromatic rings. The summed E-state index contributed by atoms with van der Waals surface area (Å²) in [5, 5.41) is 0. The summed E-state index contributed by atoms with van der Waals surface area (Å²) in [5.41, 5.74) is 1.01. The van der Waals surface area contributed by atoms with Gasteiger partial charge in [-0.2, -0.15) is 0 Å². The van der Waals surface area contributed by atoms with E-state index in [1.807, 2.05) is 30.9 Å². The number of ether oxygens (including phenoxy) is 1. The molecule has 2 aromatic heterocycles. The lowest BCUT2D eigenvalue weighted by Crippen LogP contribution is -2.41. The van der Waals surface area contributed by atoms with E-state index in [0.717, 1.165) is 36.4 Å². The predicted octanol–water partition coefficient (Wildman–Crippen LogP) is 3.09. The maximum atomic E-state index is 12.5. The van der Waals surface area contributed by atoms with Gasteiger partial charge >= 0.3 is 6.01 Å². The highest BCUT2D eigenvalue weighted by atomic mass is 32.1. The second-order valence-corrected chi connectivity index (χ2v) is 7.31. The number of piperidine rings is 1. The lowest BCUT2D eigenvalue weighted by atomic mass is 9.99. The van der Waals surface area contributed by atoms with Crippen molar-refractivity contribution in [2.75, 3.05) is 19.7 Å². The van der Waals surface area contributed by atoms with Crippen LogP contribution in [0.25, 0.3) is 0 Å². The number of carbonyl (C=O) groups is 1. The highest BCUT2D eigenvalue weighted by molar-refractivity contribution is 7.13. The molecule has 1 aliphatic heterocycles. The Bertz CT molecular complexity index is 669. The first-order valence-corrected chi connectivity index (χ1v) is 8.70. The predicted molar refractivity (Wildman–Crippen MR) is 89.9 cm³/mol. The molecule has 0 N–H and O–H groups in total. The van der Waals surface area contributed by atoms with Crippen molar-refractivity contribution in [3.63, 3.8) is 0 Å². The number of likely N-dealkylation sites (tertiary alicyclic amines) is 1. The van der Waals surface area contributed by atoms with Gasteiger partial charge in [-0.3, -0.25) is 4.79 Å². The molecule has 23 heavy (non-hydrogen) atoms. The Balaban J connectivity index is 1.55. The van der Waals surface area contributed by atoms with Crippen LogP contribution in [0, 0.1) is 19.8 Å². The smallest absolute Gasteiger partial charge is 0.316 e. The molecule has 5 nitrogen and oxygen atoms in total. The lowest BCUT2D eigenvalue weighted by molar-refractivity contribution is 0.0633. The van der Waals surface area contributed by atoms with E-state index in [4.69, 9.17) is 4.74 Å². The van der Waals surface area contributed by atoms with Gasteiger partial charge in [-0.05, 0) is 44.4 Å². The van der Waals surface area contributed by atoms with Crippen LogP contribution in [0.3, 0.4) is 0 Å². The van der Waals surface area contributed by atoms with Crippen LogP contribution >= 0.6 is 11.3 Å². The molecule has 0 radical (unpaired) electrons. The van der Waals surface area contributed by atoms with Crippen LogP contribution in [0.5, 0.6) is 6.01 Å². The minimum absolute atomic E-state index is 0.138. The van der Waals surface area contributed by atoms with Gasteiger partial charge < -0.3 is 9.64 Å². The number of aryl methyl sites for hydroxylation is 2. The van der Waals surface area contributed by atoms with Crippen LogP contribution < -0.4 is 4.74 Å². The van der Waals surface area contributed by atoms with Crippen molar-refractivity contribution in [1.29, 1.82) is 0 Å². The van der Waals surface area contributed by atoms with Gasteiger partial charge in [0.1, 0.15) is 0 Å². The fourth-order valence-corrected chi connectivity index (χ4v) is 3.57. The summed E-state index contributed by atoms with van der Waals surface area (Å²) in [4.78, 5) is 24.8. The average molecular weight is 331 g/mol. The van der Waals surface area contributed by atoms with Crippen molar-refractivity contribution in [2.45, 2.75) is 26.7 Å². The Kier molecular flexibility index (Phi) is 4.91. The van der Waals surface area contributed by atoms with E-state index in [1.54, 1.807) is 23.7 Å². The number of amides is 1. The van der Waals surface area contributed by atoms with E-state index in [-0.39, 0.29) is 5.91 Å². The third-order valence-corrected chi connectivity index (χ3v) is 4.95. The van der Waals surface area contributed by atoms with Crippen LogP contribution in [0.4, 0.5) is 0 Å². The molecule has 1 saturated heterocycles. The van der Waals surface area contributed by atoms with Gasteiger partial charge in [-0.1, -0.05) is 0 Å². The summed E-state index contributed by atoms with van der Waals surface area (Å²) in [6.45, 7) is 6.09. The Labute approximate surface area is 140 Å². The van der Waals surface area contributed by atoms with Crippen LogP contribution in [0.1, 0.15) is 33.0 Å². The van der Waals surface area contributed by atoms with Crippen molar-refractivity contribution in [1.82, 2.24) is 14.9 Å². The monoisotopic (exact) mass is 331 g/mol. The Hall–Kier alpha value is -1.95. The highest BCUT2D eigenvalue weighted by Crippen LogP contribution is 2.22. The molecule has 0 saturated carbocycles. The zero-order chi connectivity index (χ0) is 16.2. The van der Waals surface area contributed by atoms with Crippen LogP contribution in [0.2, 0.25) is 0 Å². The molecule has 1 amide bonds. The minimum atomic E-state index is 0.138. The summed E-state index contributed by atoms with van der Waals surface area (Å²) in [7, 11) is 0. The molecule has 3 rings (SSSR count). The molecule has 6 heteroatoms. The van der Waals surface area contributed by atoms with Crippen molar-refractivity contribution < 1.29 is 9.53 Å². The number of thiophene rings is 1.